The molecule has 0 unspecified atom stereocenters. The van der Waals surface area contributed by atoms with Crippen molar-refractivity contribution in [1.29, 1.82) is 5.26 Å². The van der Waals surface area contributed by atoms with E-state index in [0.29, 0.717) is 0 Å². The van der Waals surface area contributed by atoms with Crippen LogP contribution >= 0.6 is 0 Å². The largest absolute Gasteiger partial charge is 0.299 e. The Labute approximate surface area is 76.2 Å². The van der Waals surface area contributed by atoms with Gasteiger partial charge in [0, 0.05) is 11.8 Å². The molecular weight excluding hydrogens is 164 g/mol. The van der Waals surface area contributed by atoms with Crippen LogP contribution < -0.4 is 5.56 Å². The van der Waals surface area contributed by atoms with Crippen molar-refractivity contribution < 1.29 is 0 Å². The maximum atomic E-state index is 11.4. The van der Waals surface area contributed by atoms with E-state index in [0.717, 1.165) is 25.0 Å². The van der Waals surface area contributed by atoms with Crippen molar-refractivity contribution in [2.75, 3.05) is 0 Å². The molecule has 0 N–H and O–H groups in total. The van der Waals surface area contributed by atoms with Gasteiger partial charge in [-0.25, -0.2) is 0 Å². The first-order chi connectivity index (χ1) is 6.33. The Bertz CT molecular complexity index is 426. The average Bonchev–Trinajstić information content (AvgIpc) is 2.58. The lowest BCUT2D eigenvalue weighted by molar-refractivity contribution is 0.729. The molecule has 0 saturated carbocycles. The SMILES string of the molecule is N#CCn1c2c(ccc1=O)CCC2. The summed E-state index contributed by atoms with van der Waals surface area (Å²) in [6.07, 6.45) is 3.08. The summed E-state index contributed by atoms with van der Waals surface area (Å²) in [6, 6.07) is 5.46. The average molecular weight is 174 g/mol. The van der Waals surface area contributed by atoms with Crippen LogP contribution in [0.5, 0.6) is 0 Å². The summed E-state index contributed by atoms with van der Waals surface area (Å²) >= 11 is 0. The molecular formula is C10H10N2O. The minimum absolute atomic E-state index is 0.0535. The van der Waals surface area contributed by atoms with Crippen LogP contribution in [0.15, 0.2) is 16.9 Å². The van der Waals surface area contributed by atoms with E-state index in [-0.39, 0.29) is 12.1 Å². The van der Waals surface area contributed by atoms with Crippen molar-refractivity contribution in [3.8, 4) is 6.07 Å². The van der Waals surface area contributed by atoms with Gasteiger partial charge in [-0.3, -0.25) is 9.36 Å². The number of fused-ring (bicyclic) bond motifs is 1. The van der Waals surface area contributed by atoms with Gasteiger partial charge in [0.15, 0.2) is 0 Å². The van der Waals surface area contributed by atoms with E-state index in [9.17, 15) is 4.79 Å². The van der Waals surface area contributed by atoms with E-state index in [1.807, 2.05) is 12.1 Å². The Balaban J connectivity index is 2.60. The highest BCUT2D eigenvalue weighted by Gasteiger charge is 2.14. The first kappa shape index (κ1) is 8.06. The first-order valence-electron chi connectivity index (χ1n) is 4.41. The normalized spacial score (nSPS) is 13.8. The monoisotopic (exact) mass is 174 g/mol. The third-order valence-electron chi connectivity index (χ3n) is 2.48. The summed E-state index contributed by atoms with van der Waals surface area (Å²) in [5.74, 6) is 0. The Hall–Kier alpha value is -1.56. The van der Waals surface area contributed by atoms with Crippen LogP contribution in [0.2, 0.25) is 0 Å². The van der Waals surface area contributed by atoms with Crippen LogP contribution in [-0.2, 0) is 19.4 Å². The summed E-state index contributed by atoms with van der Waals surface area (Å²) < 4.78 is 1.59. The van der Waals surface area contributed by atoms with Gasteiger partial charge in [0.25, 0.3) is 5.56 Å². The molecule has 1 aromatic rings. The Morgan fingerprint density at radius 3 is 3.08 bits per heavy atom. The number of aromatic nitrogens is 1. The fourth-order valence-corrected chi connectivity index (χ4v) is 1.88. The maximum absolute atomic E-state index is 11.4. The molecule has 2 rings (SSSR count). The smallest absolute Gasteiger partial charge is 0.251 e. The second kappa shape index (κ2) is 3.06. The third kappa shape index (κ3) is 1.25. The molecule has 0 saturated heterocycles. The molecule has 1 aromatic heterocycles. The number of nitriles is 1. The standard InChI is InChI=1S/C10H10N2O/c11-6-7-12-9-3-1-2-8(9)4-5-10(12)13/h4-5H,1-3,7H2. The van der Waals surface area contributed by atoms with Gasteiger partial charge in [-0.1, -0.05) is 6.07 Å². The molecule has 0 bridgehead atoms. The second-order valence-corrected chi connectivity index (χ2v) is 3.24. The van der Waals surface area contributed by atoms with Crippen molar-refractivity contribution in [2.24, 2.45) is 0 Å². The lowest BCUT2D eigenvalue weighted by atomic mass is 10.2. The van der Waals surface area contributed by atoms with Gasteiger partial charge in [-0.05, 0) is 24.8 Å². The van der Waals surface area contributed by atoms with Crippen molar-refractivity contribution >= 4 is 0 Å². The second-order valence-electron chi connectivity index (χ2n) is 3.24. The topological polar surface area (TPSA) is 45.8 Å². The molecule has 0 aliphatic heterocycles. The quantitative estimate of drug-likeness (QED) is 0.634. The number of hydrogen-bond acceptors (Lipinski definition) is 2. The maximum Gasteiger partial charge on any atom is 0.251 e. The summed E-state index contributed by atoms with van der Waals surface area (Å²) in [5.41, 5.74) is 2.24. The molecule has 3 heteroatoms. The van der Waals surface area contributed by atoms with E-state index in [1.165, 1.54) is 5.56 Å². The molecule has 0 aromatic carbocycles. The summed E-state index contributed by atoms with van der Waals surface area (Å²) in [4.78, 5) is 11.4. The first-order valence-corrected chi connectivity index (χ1v) is 4.41. The molecule has 0 spiro atoms. The van der Waals surface area contributed by atoms with E-state index in [1.54, 1.807) is 10.6 Å². The summed E-state index contributed by atoms with van der Waals surface area (Å²) in [6.45, 7) is 0.183. The fraction of sp³-hybridized carbons (Fsp3) is 0.400. The van der Waals surface area contributed by atoms with Crippen molar-refractivity contribution in [2.45, 2.75) is 25.8 Å². The summed E-state index contributed by atoms with van der Waals surface area (Å²) in [5, 5.41) is 8.57. The van der Waals surface area contributed by atoms with Gasteiger partial charge in [-0.15, -0.1) is 0 Å². The molecule has 0 fully saturated rings. The number of nitrogens with zero attached hydrogens (tertiary/aromatic N) is 2. The highest BCUT2D eigenvalue weighted by Crippen LogP contribution is 2.19. The minimum atomic E-state index is -0.0535. The van der Waals surface area contributed by atoms with Crippen LogP contribution in [0.25, 0.3) is 0 Å². The van der Waals surface area contributed by atoms with Gasteiger partial charge < -0.3 is 0 Å². The van der Waals surface area contributed by atoms with Gasteiger partial charge in [0.2, 0.25) is 0 Å². The number of rotatable bonds is 1. The van der Waals surface area contributed by atoms with Crippen molar-refractivity contribution in [1.82, 2.24) is 4.57 Å². The predicted octanol–water partition coefficient (Wildman–Crippen LogP) is 0.861. The zero-order valence-corrected chi connectivity index (χ0v) is 7.29. The van der Waals surface area contributed by atoms with E-state index in [4.69, 9.17) is 5.26 Å². The number of pyridine rings is 1. The molecule has 1 aliphatic carbocycles. The van der Waals surface area contributed by atoms with Gasteiger partial charge in [-0.2, -0.15) is 5.26 Å². The van der Waals surface area contributed by atoms with Crippen molar-refractivity contribution in [3.63, 3.8) is 0 Å². The zero-order chi connectivity index (χ0) is 9.26. The molecule has 66 valence electrons. The number of aryl methyl sites for hydroxylation is 1. The minimum Gasteiger partial charge on any atom is -0.299 e. The Morgan fingerprint density at radius 2 is 2.31 bits per heavy atom. The van der Waals surface area contributed by atoms with Crippen LogP contribution in [0.1, 0.15) is 17.7 Å². The summed E-state index contributed by atoms with van der Waals surface area (Å²) in [7, 11) is 0. The lowest BCUT2D eigenvalue weighted by Crippen LogP contribution is -2.22. The van der Waals surface area contributed by atoms with Crippen LogP contribution in [0, 0.1) is 11.3 Å². The lowest BCUT2D eigenvalue weighted by Gasteiger charge is -2.06. The highest BCUT2D eigenvalue weighted by atomic mass is 16.1. The van der Waals surface area contributed by atoms with Gasteiger partial charge in [0.1, 0.15) is 6.54 Å². The van der Waals surface area contributed by atoms with Crippen LogP contribution in [0.4, 0.5) is 0 Å². The predicted molar refractivity (Wildman–Crippen MR) is 48.3 cm³/mol. The number of hydrogen-bond donors (Lipinski definition) is 0. The third-order valence-corrected chi connectivity index (χ3v) is 2.48. The van der Waals surface area contributed by atoms with Crippen molar-refractivity contribution in [3.05, 3.63) is 33.7 Å². The van der Waals surface area contributed by atoms with E-state index < -0.39 is 0 Å². The molecule has 1 heterocycles. The molecule has 0 radical (unpaired) electrons. The molecule has 1 aliphatic rings. The fourth-order valence-electron chi connectivity index (χ4n) is 1.88. The Kier molecular flexibility index (Phi) is 1.90. The van der Waals surface area contributed by atoms with E-state index >= 15 is 0 Å². The zero-order valence-electron chi connectivity index (χ0n) is 7.29. The molecule has 3 nitrogen and oxygen atoms in total. The molecule has 0 amide bonds. The molecule has 13 heavy (non-hydrogen) atoms. The highest BCUT2D eigenvalue weighted by molar-refractivity contribution is 5.26. The van der Waals surface area contributed by atoms with E-state index in [2.05, 4.69) is 0 Å². The van der Waals surface area contributed by atoms with Crippen LogP contribution in [-0.4, -0.2) is 4.57 Å². The Morgan fingerprint density at radius 1 is 1.46 bits per heavy atom. The van der Waals surface area contributed by atoms with Crippen LogP contribution in [0.3, 0.4) is 0 Å². The van der Waals surface area contributed by atoms with Gasteiger partial charge in [0.05, 0.1) is 6.07 Å². The van der Waals surface area contributed by atoms with Gasteiger partial charge >= 0.3 is 0 Å². The molecule has 0 atom stereocenters.